The van der Waals surface area contributed by atoms with Gasteiger partial charge in [0.25, 0.3) is 0 Å². The quantitative estimate of drug-likeness (QED) is 0.167. The molecule has 0 saturated carbocycles. The third-order valence-electron chi connectivity index (χ3n) is 4.96. The summed E-state index contributed by atoms with van der Waals surface area (Å²) in [7, 11) is 3.05. The van der Waals surface area contributed by atoms with Crippen molar-refractivity contribution in [2.24, 2.45) is 0 Å². The molecule has 0 radical (unpaired) electrons. The van der Waals surface area contributed by atoms with E-state index >= 15 is 0 Å². The van der Waals surface area contributed by atoms with Crippen molar-refractivity contribution < 1.29 is 57.1 Å². The highest BCUT2D eigenvalue weighted by molar-refractivity contribution is 14.1. The Bertz CT molecular complexity index is 1090. The first-order valence-corrected chi connectivity index (χ1v) is 12.4. The zero-order chi connectivity index (χ0) is 28.4. The normalized spacial score (nSPS) is 22.2. The van der Waals surface area contributed by atoms with Gasteiger partial charge in [-0.3, -0.25) is 19.2 Å². The van der Waals surface area contributed by atoms with Gasteiger partial charge in [-0.2, -0.15) is 0 Å². The van der Waals surface area contributed by atoms with Crippen LogP contribution in [0, 0.1) is 15.4 Å². The van der Waals surface area contributed by atoms with Gasteiger partial charge in [0.05, 0.1) is 23.4 Å². The van der Waals surface area contributed by atoms with Crippen LogP contribution in [0.5, 0.6) is 11.5 Å². The van der Waals surface area contributed by atoms with Crippen molar-refractivity contribution in [3.8, 4) is 23.3 Å². The van der Waals surface area contributed by atoms with E-state index in [2.05, 4.69) is 34.4 Å². The molecule has 1 aromatic carbocycles. The Balaban J connectivity index is 2.36. The molecule has 0 spiro atoms. The fraction of sp³-hybridized carbons (Fsp3) is 0.520. The summed E-state index contributed by atoms with van der Waals surface area (Å²) in [6.45, 7) is 4.03. The lowest BCUT2D eigenvalue weighted by molar-refractivity contribution is -0.305. The highest BCUT2D eigenvalue weighted by atomic mass is 127. The molecule has 1 aromatic rings. The van der Waals surface area contributed by atoms with Crippen molar-refractivity contribution >= 4 is 46.5 Å². The van der Waals surface area contributed by atoms with Crippen LogP contribution in [0.2, 0.25) is 0 Å². The fourth-order valence-electron chi connectivity index (χ4n) is 3.54. The smallest absolute Gasteiger partial charge is 0.303 e. The Kier molecular flexibility index (Phi) is 12.1. The van der Waals surface area contributed by atoms with E-state index < -0.39 is 54.6 Å². The molecule has 0 unspecified atom stereocenters. The predicted octanol–water partition coefficient (Wildman–Crippen LogP) is 1.76. The van der Waals surface area contributed by atoms with E-state index in [0.29, 0.717) is 17.1 Å². The number of esters is 4. The summed E-state index contributed by atoms with van der Waals surface area (Å²) in [5.74, 6) is 4.06. The number of methoxy groups -OCH3 is 2. The van der Waals surface area contributed by atoms with Crippen LogP contribution < -0.4 is 9.47 Å². The van der Waals surface area contributed by atoms with Gasteiger partial charge in [-0.05, 0) is 28.7 Å². The monoisotopic (exact) mass is 648 g/mol. The molecule has 1 saturated heterocycles. The van der Waals surface area contributed by atoms with E-state index in [1.165, 1.54) is 21.1 Å². The molecule has 13 heteroatoms. The maximum Gasteiger partial charge on any atom is 0.303 e. The number of carbonyl (C=O) groups is 4. The Labute approximate surface area is 233 Å². The molecule has 1 aliphatic heterocycles. The molecule has 0 N–H and O–H groups in total. The minimum Gasteiger partial charge on any atom is -0.496 e. The number of hydrogen-bond donors (Lipinski definition) is 0. The van der Waals surface area contributed by atoms with Gasteiger partial charge in [0, 0.05) is 33.8 Å². The second-order valence-electron chi connectivity index (χ2n) is 7.87. The lowest BCUT2D eigenvalue weighted by atomic mass is 9.98. The summed E-state index contributed by atoms with van der Waals surface area (Å²) < 4.78 is 44.2. The van der Waals surface area contributed by atoms with E-state index in [4.69, 9.17) is 37.9 Å². The van der Waals surface area contributed by atoms with Gasteiger partial charge in [-0.1, -0.05) is 11.8 Å². The van der Waals surface area contributed by atoms with Crippen LogP contribution >= 0.6 is 22.6 Å². The summed E-state index contributed by atoms with van der Waals surface area (Å²) in [6, 6.07) is 3.48. The second kappa shape index (κ2) is 14.7. The van der Waals surface area contributed by atoms with Crippen molar-refractivity contribution in [2.75, 3.05) is 27.4 Å². The number of benzene rings is 1. The number of carbonyl (C=O) groups excluding carboxylic acids is 4. The van der Waals surface area contributed by atoms with E-state index in [0.717, 1.165) is 24.3 Å². The van der Waals surface area contributed by atoms with Gasteiger partial charge >= 0.3 is 23.9 Å². The van der Waals surface area contributed by atoms with E-state index in [9.17, 15) is 19.2 Å². The first-order chi connectivity index (χ1) is 18.0. The molecular weight excluding hydrogens is 619 g/mol. The molecule has 0 amide bonds. The van der Waals surface area contributed by atoms with E-state index in [1.54, 1.807) is 12.1 Å². The predicted molar refractivity (Wildman–Crippen MR) is 137 cm³/mol. The van der Waals surface area contributed by atoms with Crippen LogP contribution in [0.3, 0.4) is 0 Å². The lowest BCUT2D eigenvalue weighted by Gasteiger charge is -2.43. The summed E-state index contributed by atoms with van der Waals surface area (Å²) in [6.07, 6.45) is -6.36. The highest BCUT2D eigenvalue weighted by Crippen LogP contribution is 2.31. The Hall–Kier alpha value is -3.09. The Morgan fingerprint density at radius 1 is 0.842 bits per heavy atom. The molecule has 1 fully saturated rings. The summed E-state index contributed by atoms with van der Waals surface area (Å²) in [5.41, 5.74) is 0.537. The molecule has 1 heterocycles. The van der Waals surface area contributed by atoms with Crippen LogP contribution in [0.25, 0.3) is 0 Å². The standard InChI is InChI=1S/C25H29IO12/c1-13(27)34-12-21-22(35-14(2)28)23(36-15(3)29)24(37-16(4)30)25(38-21)33-9-7-8-17-10-20(32-6)18(26)11-19(17)31-5/h10-11,21-25H,9,12H2,1-6H3/t21-,22-,23+,24-,25-/m1/s1. The van der Waals surface area contributed by atoms with Crippen LogP contribution in [0.15, 0.2) is 12.1 Å². The molecule has 0 aliphatic carbocycles. The zero-order valence-corrected chi connectivity index (χ0v) is 23.9. The average molecular weight is 648 g/mol. The van der Waals surface area contributed by atoms with Gasteiger partial charge in [0.15, 0.2) is 24.6 Å². The minimum atomic E-state index is -1.33. The first kappa shape index (κ1) is 31.1. The SMILES string of the molecule is COc1cc(C#CCO[C@@H]2O[C@H](COC(C)=O)[C@@H](OC(C)=O)[C@H](OC(C)=O)[C@H]2OC(C)=O)c(OC)cc1I. The third kappa shape index (κ3) is 9.03. The maximum absolute atomic E-state index is 11.9. The van der Waals surface area contributed by atoms with Gasteiger partial charge in [0.1, 0.15) is 30.8 Å². The van der Waals surface area contributed by atoms with Gasteiger partial charge in [-0.25, -0.2) is 0 Å². The van der Waals surface area contributed by atoms with Gasteiger partial charge < -0.3 is 37.9 Å². The maximum atomic E-state index is 11.9. The van der Waals surface area contributed by atoms with Crippen molar-refractivity contribution in [3.05, 3.63) is 21.3 Å². The summed E-state index contributed by atoms with van der Waals surface area (Å²) in [5, 5.41) is 0. The average Bonchev–Trinajstić information content (AvgIpc) is 2.83. The molecule has 2 rings (SSSR count). The molecule has 0 bridgehead atoms. The number of halogens is 1. The highest BCUT2D eigenvalue weighted by Gasteiger charge is 2.52. The lowest BCUT2D eigenvalue weighted by Crippen LogP contribution is -2.63. The van der Waals surface area contributed by atoms with Crippen LogP contribution in [0.4, 0.5) is 0 Å². The molecule has 1 aliphatic rings. The molecule has 12 nitrogen and oxygen atoms in total. The second-order valence-corrected chi connectivity index (χ2v) is 9.03. The number of ether oxygens (including phenoxy) is 8. The van der Waals surface area contributed by atoms with Crippen molar-refractivity contribution in [2.45, 2.75) is 58.4 Å². The number of rotatable bonds is 9. The third-order valence-corrected chi connectivity index (χ3v) is 5.81. The summed E-state index contributed by atoms with van der Waals surface area (Å²) in [4.78, 5) is 47.0. The molecular formula is C25H29IO12. The zero-order valence-electron chi connectivity index (χ0n) is 21.7. The molecule has 208 valence electrons. The first-order valence-electron chi connectivity index (χ1n) is 11.3. The van der Waals surface area contributed by atoms with Crippen LogP contribution in [0.1, 0.15) is 33.3 Å². The topological polar surface area (TPSA) is 142 Å². The van der Waals surface area contributed by atoms with Crippen LogP contribution in [-0.2, 0) is 47.6 Å². The van der Waals surface area contributed by atoms with Crippen LogP contribution in [-0.4, -0.2) is 82.0 Å². The van der Waals surface area contributed by atoms with Crippen molar-refractivity contribution in [1.29, 1.82) is 0 Å². The largest absolute Gasteiger partial charge is 0.496 e. The molecule has 5 atom stereocenters. The minimum absolute atomic E-state index is 0.217. The Morgan fingerprint density at radius 3 is 1.97 bits per heavy atom. The van der Waals surface area contributed by atoms with Crippen molar-refractivity contribution in [3.63, 3.8) is 0 Å². The Morgan fingerprint density at radius 2 is 1.42 bits per heavy atom. The molecule has 0 aromatic heterocycles. The number of hydrogen-bond acceptors (Lipinski definition) is 12. The van der Waals surface area contributed by atoms with E-state index in [-0.39, 0.29) is 13.2 Å². The van der Waals surface area contributed by atoms with Gasteiger partial charge in [0.2, 0.25) is 0 Å². The van der Waals surface area contributed by atoms with E-state index in [1.807, 2.05) is 0 Å². The van der Waals surface area contributed by atoms with Gasteiger partial charge in [-0.15, -0.1) is 0 Å². The fourth-order valence-corrected chi connectivity index (χ4v) is 4.19. The van der Waals surface area contributed by atoms with Crippen molar-refractivity contribution in [1.82, 2.24) is 0 Å². The summed E-state index contributed by atoms with van der Waals surface area (Å²) >= 11 is 2.11. The molecule has 38 heavy (non-hydrogen) atoms.